The molecular formula is C13H19NO2S. The molecule has 1 heterocycles. The molecule has 0 bridgehead atoms. The van der Waals surface area contributed by atoms with Crippen LogP contribution in [0.3, 0.4) is 0 Å². The summed E-state index contributed by atoms with van der Waals surface area (Å²) < 4.78 is 0. The number of thiazole rings is 1. The maximum Gasteiger partial charge on any atom is 0.328 e. The Kier molecular flexibility index (Phi) is 4.46. The van der Waals surface area contributed by atoms with Crippen molar-refractivity contribution in [2.75, 3.05) is 0 Å². The molecule has 0 atom stereocenters. The lowest BCUT2D eigenvalue weighted by atomic mass is 9.98. The van der Waals surface area contributed by atoms with E-state index < -0.39 is 5.97 Å². The molecule has 0 aliphatic rings. The van der Waals surface area contributed by atoms with Crippen LogP contribution in [0.1, 0.15) is 49.7 Å². The molecule has 94 valence electrons. The standard InChI is InChI=1S/C13H19NO2S/c1-5-6-9-10(7-8-11(15)16)17-12(14-9)13(2,3)4/h7-8H,5-6H2,1-4H3,(H,15,16)/b8-7+. The van der Waals surface area contributed by atoms with E-state index in [0.29, 0.717) is 0 Å². The lowest BCUT2D eigenvalue weighted by Crippen LogP contribution is -2.10. The van der Waals surface area contributed by atoms with E-state index in [9.17, 15) is 4.79 Å². The smallest absolute Gasteiger partial charge is 0.328 e. The minimum atomic E-state index is -0.918. The van der Waals surface area contributed by atoms with Gasteiger partial charge in [-0.25, -0.2) is 9.78 Å². The van der Waals surface area contributed by atoms with Gasteiger partial charge in [0.2, 0.25) is 0 Å². The molecule has 0 aliphatic heterocycles. The van der Waals surface area contributed by atoms with Crippen LogP contribution in [0.15, 0.2) is 6.08 Å². The molecule has 1 aromatic rings. The molecule has 1 rings (SSSR count). The van der Waals surface area contributed by atoms with Crippen molar-refractivity contribution in [3.05, 3.63) is 21.7 Å². The number of carboxylic acids is 1. The third-order valence-corrected chi connectivity index (χ3v) is 3.72. The lowest BCUT2D eigenvalue weighted by Gasteiger charge is -2.13. The number of rotatable bonds is 4. The van der Waals surface area contributed by atoms with Crippen LogP contribution in [0, 0.1) is 0 Å². The van der Waals surface area contributed by atoms with Gasteiger partial charge in [0.25, 0.3) is 0 Å². The Bertz CT molecular complexity index is 427. The van der Waals surface area contributed by atoms with E-state index in [1.807, 2.05) is 0 Å². The quantitative estimate of drug-likeness (QED) is 0.836. The monoisotopic (exact) mass is 253 g/mol. The predicted octanol–water partition coefficient (Wildman–Crippen LogP) is 3.49. The SMILES string of the molecule is CCCc1nc(C(C)(C)C)sc1/C=C/C(=O)O. The Balaban J connectivity index is 3.09. The number of hydrogen-bond donors (Lipinski definition) is 1. The third kappa shape index (κ3) is 3.97. The first-order valence-corrected chi connectivity index (χ1v) is 6.57. The second-order valence-corrected chi connectivity index (χ2v) is 6.03. The zero-order valence-electron chi connectivity index (χ0n) is 10.8. The zero-order chi connectivity index (χ0) is 13.1. The molecule has 0 radical (unpaired) electrons. The van der Waals surface area contributed by atoms with E-state index in [0.717, 1.165) is 28.4 Å². The van der Waals surface area contributed by atoms with E-state index >= 15 is 0 Å². The van der Waals surface area contributed by atoms with Gasteiger partial charge < -0.3 is 5.11 Å². The summed E-state index contributed by atoms with van der Waals surface area (Å²) in [5.74, 6) is -0.918. The molecule has 0 fully saturated rings. The van der Waals surface area contributed by atoms with Crippen LogP contribution in [-0.2, 0) is 16.6 Å². The highest BCUT2D eigenvalue weighted by Gasteiger charge is 2.20. The molecule has 3 nitrogen and oxygen atoms in total. The van der Waals surface area contributed by atoms with Gasteiger partial charge in [-0.3, -0.25) is 0 Å². The van der Waals surface area contributed by atoms with Crippen molar-refractivity contribution in [3.8, 4) is 0 Å². The average molecular weight is 253 g/mol. The van der Waals surface area contributed by atoms with Crippen molar-refractivity contribution in [2.24, 2.45) is 0 Å². The number of carboxylic acid groups (broad SMARTS) is 1. The van der Waals surface area contributed by atoms with Gasteiger partial charge in [0.15, 0.2) is 0 Å². The molecule has 1 N–H and O–H groups in total. The van der Waals surface area contributed by atoms with Gasteiger partial charge in [-0.1, -0.05) is 34.1 Å². The van der Waals surface area contributed by atoms with Gasteiger partial charge in [0, 0.05) is 11.5 Å². The number of hydrogen-bond acceptors (Lipinski definition) is 3. The van der Waals surface area contributed by atoms with E-state index in [1.54, 1.807) is 17.4 Å². The van der Waals surface area contributed by atoms with Gasteiger partial charge in [-0.2, -0.15) is 0 Å². The Labute approximate surface area is 106 Å². The number of carbonyl (C=O) groups is 1. The Morgan fingerprint density at radius 3 is 2.59 bits per heavy atom. The van der Waals surface area contributed by atoms with Gasteiger partial charge >= 0.3 is 5.97 Å². The average Bonchev–Trinajstić information content (AvgIpc) is 2.58. The first kappa shape index (κ1) is 13.9. The number of nitrogens with zero attached hydrogens (tertiary/aromatic N) is 1. The minimum Gasteiger partial charge on any atom is -0.478 e. The van der Waals surface area contributed by atoms with E-state index in [4.69, 9.17) is 5.11 Å². The molecule has 1 aromatic heterocycles. The summed E-state index contributed by atoms with van der Waals surface area (Å²) in [5, 5.41) is 9.72. The maximum atomic E-state index is 10.5. The summed E-state index contributed by atoms with van der Waals surface area (Å²) in [7, 11) is 0. The molecule has 0 amide bonds. The summed E-state index contributed by atoms with van der Waals surface area (Å²) >= 11 is 1.59. The number of aliphatic carboxylic acids is 1. The summed E-state index contributed by atoms with van der Waals surface area (Å²) in [5.41, 5.74) is 1.03. The van der Waals surface area contributed by atoms with Crippen molar-refractivity contribution in [3.63, 3.8) is 0 Å². The van der Waals surface area contributed by atoms with Crippen molar-refractivity contribution in [1.29, 1.82) is 0 Å². The molecule has 0 aliphatic carbocycles. The molecule has 17 heavy (non-hydrogen) atoms. The summed E-state index contributed by atoms with van der Waals surface area (Å²) in [6.07, 6.45) is 4.74. The fraction of sp³-hybridized carbons (Fsp3) is 0.538. The fourth-order valence-electron chi connectivity index (χ4n) is 1.38. The first-order chi connectivity index (χ1) is 7.84. The second kappa shape index (κ2) is 5.45. The van der Waals surface area contributed by atoms with Crippen LogP contribution in [0.4, 0.5) is 0 Å². The lowest BCUT2D eigenvalue weighted by molar-refractivity contribution is -0.131. The molecular weight excluding hydrogens is 234 g/mol. The number of aryl methyl sites for hydroxylation is 1. The van der Waals surface area contributed by atoms with Crippen molar-refractivity contribution >= 4 is 23.4 Å². The Morgan fingerprint density at radius 2 is 2.12 bits per heavy atom. The molecule has 4 heteroatoms. The van der Waals surface area contributed by atoms with Gasteiger partial charge in [-0.05, 0) is 12.5 Å². The second-order valence-electron chi connectivity index (χ2n) is 5.00. The van der Waals surface area contributed by atoms with Crippen molar-refractivity contribution in [2.45, 2.75) is 46.0 Å². The highest BCUT2D eigenvalue weighted by molar-refractivity contribution is 7.12. The maximum absolute atomic E-state index is 10.5. The first-order valence-electron chi connectivity index (χ1n) is 5.75. The Morgan fingerprint density at radius 1 is 1.47 bits per heavy atom. The highest BCUT2D eigenvalue weighted by atomic mass is 32.1. The Hall–Kier alpha value is -1.16. The molecule has 0 unspecified atom stereocenters. The molecule has 0 spiro atoms. The van der Waals surface area contributed by atoms with Crippen LogP contribution >= 0.6 is 11.3 Å². The summed E-state index contributed by atoms with van der Waals surface area (Å²) in [4.78, 5) is 16.1. The summed E-state index contributed by atoms with van der Waals surface area (Å²) in [6.45, 7) is 8.45. The van der Waals surface area contributed by atoms with Gasteiger partial charge in [0.1, 0.15) is 0 Å². The highest BCUT2D eigenvalue weighted by Crippen LogP contribution is 2.30. The van der Waals surface area contributed by atoms with Crippen molar-refractivity contribution in [1.82, 2.24) is 4.98 Å². The zero-order valence-corrected chi connectivity index (χ0v) is 11.6. The van der Waals surface area contributed by atoms with E-state index in [2.05, 4.69) is 32.7 Å². The van der Waals surface area contributed by atoms with Crippen LogP contribution in [0.2, 0.25) is 0 Å². The topological polar surface area (TPSA) is 50.2 Å². The predicted molar refractivity (Wildman–Crippen MR) is 71.5 cm³/mol. The van der Waals surface area contributed by atoms with Crippen molar-refractivity contribution < 1.29 is 9.90 Å². The normalized spacial score (nSPS) is 12.2. The minimum absolute atomic E-state index is 0.0163. The van der Waals surface area contributed by atoms with Crippen LogP contribution in [0.5, 0.6) is 0 Å². The van der Waals surface area contributed by atoms with E-state index in [-0.39, 0.29) is 5.41 Å². The third-order valence-electron chi connectivity index (χ3n) is 2.23. The summed E-state index contributed by atoms with van der Waals surface area (Å²) in [6, 6.07) is 0. The largest absolute Gasteiger partial charge is 0.478 e. The molecule has 0 saturated heterocycles. The van der Waals surface area contributed by atoms with Gasteiger partial charge in [0.05, 0.1) is 15.6 Å². The molecule has 0 aromatic carbocycles. The van der Waals surface area contributed by atoms with Crippen LogP contribution < -0.4 is 0 Å². The van der Waals surface area contributed by atoms with Crippen LogP contribution in [0.25, 0.3) is 6.08 Å². The van der Waals surface area contributed by atoms with E-state index in [1.165, 1.54) is 6.08 Å². The van der Waals surface area contributed by atoms with Crippen LogP contribution in [-0.4, -0.2) is 16.1 Å². The molecule has 0 saturated carbocycles. The van der Waals surface area contributed by atoms with Gasteiger partial charge in [-0.15, -0.1) is 11.3 Å². The number of aromatic nitrogens is 1. The fourth-order valence-corrected chi connectivity index (χ4v) is 2.45.